The van der Waals surface area contributed by atoms with E-state index < -0.39 is 0 Å². The van der Waals surface area contributed by atoms with Crippen molar-refractivity contribution in [3.63, 3.8) is 0 Å². The van der Waals surface area contributed by atoms with Crippen LogP contribution in [0.2, 0.25) is 0 Å². The lowest BCUT2D eigenvalue weighted by molar-refractivity contribution is -0.118. The van der Waals surface area contributed by atoms with E-state index in [-0.39, 0.29) is 17.6 Å². The highest BCUT2D eigenvalue weighted by molar-refractivity contribution is 7.17. The van der Waals surface area contributed by atoms with Gasteiger partial charge in [-0.25, -0.2) is 4.98 Å². The minimum Gasteiger partial charge on any atom is -0.507 e. The van der Waals surface area contributed by atoms with Gasteiger partial charge in [0.25, 0.3) is 0 Å². The quantitative estimate of drug-likeness (QED) is 0.292. The number of hydrogen-bond donors (Lipinski definition) is 5. The maximum atomic E-state index is 11.0. The molecule has 9 nitrogen and oxygen atoms in total. The zero-order valence-electron chi connectivity index (χ0n) is 14.2. The lowest BCUT2D eigenvalue weighted by Crippen LogP contribution is -2.26. The fourth-order valence-corrected chi connectivity index (χ4v) is 2.78. The number of allylic oxidation sites excluding steroid dienone is 1. The highest BCUT2D eigenvalue weighted by Gasteiger charge is 2.12. The van der Waals surface area contributed by atoms with Gasteiger partial charge < -0.3 is 16.6 Å². The molecule has 2 rings (SSSR count). The number of anilines is 1. The predicted octanol–water partition coefficient (Wildman–Crippen LogP) is 1.31. The SMILES string of the molecule is CC(=O)NNc1nc(C)c(C(/C=C/c2ccccc2O)=N/N=C(N)N)s1. The summed E-state index contributed by atoms with van der Waals surface area (Å²) < 4.78 is 0. The lowest BCUT2D eigenvalue weighted by Gasteiger charge is -2.00. The number of amides is 1. The molecule has 0 saturated carbocycles. The van der Waals surface area contributed by atoms with Crippen LogP contribution in [0, 0.1) is 6.92 Å². The van der Waals surface area contributed by atoms with Crippen molar-refractivity contribution in [1.82, 2.24) is 10.4 Å². The summed E-state index contributed by atoms with van der Waals surface area (Å²) in [6, 6.07) is 6.88. The first kappa shape index (κ1) is 18.9. The summed E-state index contributed by atoms with van der Waals surface area (Å²) in [5.41, 5.74) is 17.6. The van der Waals surface area contributed by atoms with Crippen LogP contribution in [0.15, 0.2) is 40.5 Å². The number of para-hydroxylation sites is 1. The second-order valence-corrected chi connectivity index (χ2v) is 6.14. The predicted molar refractivity (Wildman–Crippen MR) is 104 cm³/mol. The molecule has 2 aromatic rings. The van der Waals surface area contributed by atoms with Crippen LogP contribution in [0.3, 0.4) is 0 Å². The van der Waals surface area contributed by atoms with E-state index in [4.69, 9.17) is 11.5 Å². The number of hydrogen-bond acceptors (Lipinski definition) is 7. The number of carbonyl (C=O) groups excluding carboxylic acids is 1. The van der Waals surface area contributed by atoms with Crippen LogP contribution in [0.4, 0.5) is 5.13 Å². The highest BCUT2D eigenvalue weighted by Crippen LogP contribution is 2.24. The molecule has 0 aliphatic heterocycles. The van der Waals surface area contributed by atoms with Crippen molar-refractivity contribution in [1.29, 1.82) is 0 Å². The fraction of sp³-hybridized carbons (Fsp3) is 0.125. The number of phenols is 1. The van der Waals surface area contributed by atoms with Gasteiger partial charge in [-0.1, -0.05) is 29.5 Å². The van der Waals surface area contributed by atoms with E-state index in [1.165, 1.54) is 18.3 Å². The Hall–Kier alpha value is -3.40. The molecular formula is C16H19N7O2S. The van der Waals surface area contributed by atoms with Crippen LogP contribution in [0.25, 0.3) is 6.08 Å². The maximum absolute atomic E-state index is 11.0. The largest absolute Gasteiger partial charge is 0.507 e. The first-order valence-corrected chi connectivity index (χ1v) is 8.31. The van der Waals surface area contributed by atoms with Crippen LogP contribution < -0.4 is 22.3 Å². The molecule has 136 valence electrons. The molecule has 0 aliphatic carbocycles. The third-order valence-electron chi connectivity index (χ3n) is 3.01. The number of thiazole rings is 1. The lowest BCUT2D eigenvalue weighted by atomic mass is 10.1. The van der Waals surface area contributed by atoms with E-state index in [0.717, 1.165) is 0 Å². The summed E-state index contributed by atoms with van der Waals surface area (Å²) in [6.45, 7) is 3.18. The molecule has 0 fully saturated rings. The minimum atomic E-state index is -0.242. The molecule has 1 aromatic heterocycles. The van der Waals surface area contributed by atoms with Gasteiger partial charge in [-0.05, 0) is 25.1 Å². The molecule has 0 spiro atoms. The van der Waals surface area contributed by atoms with Crippen LogP contribution in [0.5, 0.6) is 5.75 Å². The number of aromatic hydroxyl groups is 1. The molecule has 0 atom stereocenters. The third-order valence-corrected chi connectivity index (χ3v) is 4.10. The van der Waals surface area contributed by atoms with Crippen molar-refractivity contribution in [2.45, 2.75) is 13.8 Å². The molecule has 0 unspecified atom stereocenters. The van der Waals surface area contributed by atoms with E-state index in [9.17, 15) is 9.90 Å². The number of nitrogens with two attached hydrogens (primary N) is 2. The Morgan fingerprint density at radius 3 is 2.69 bits per heavy atom. The van der Waals surface area contributed by atoms with Gasteiger partial charge >= 0.3 is 0 Å². The van der Waals surface area contributed by atoms with Crippen molar-refractivity contribution >= 4 is 40.1 Å². The zero-order chi connectivity index (χ0) is 19.1. The molecule has 0 saturated heterocycles. The van der Waals surface area contributed by atoms with E-state index in [1.54, 1.807) is 43.3 Å². The molecule has 0 bridgehead atoms. The topological polar surface area (TPSA) is 151 Å². The van der Waals surface area contributed by atoms with Crippen LogP contribution in [-0.2, 0) is 4.79 Å². The molecular weight excluding hydrogens is 354 g/mol. The van der Waals surface area contributed by atoms with Gasteiger partial charge in [0.05, 0.1) is 10.6 Å². The second kappa shape index (κ2) is 8.62. The monoisotopic (exact) mass is 373 g/mol. The maximum Gasteiger partial charge on any atom is 0.235 e. The Bertz CT molecular complexity index is 882. The summed E-state index contributed by atoms with van der Waals surface area (Å²) in [5.74, 6) is -0.288. The highest BCUT2D eigenvalue weighted by atomic mass is 32.1. The Balaban J connectivity index is 2.37. The van der Waals surface area contributed by atoms with E-state index in [2.05, 4.69) is 26.0 Å². The average Bonchev–Trinajstić information content (AvgIpc) is 2.95. The summed E-state index contributed by atoms with van der Waals surface area (Å²) >= 11 is 1.27. The second-order valence-electron chi connectivity index (χ2n) is 5.14. The van der Waals surface area contributed by atoms with E-state index >= 15 is 0 Å². The smallest absolute Gasteiger partial charge is 0.235 e. The van der Waals surface area contributed by atoms with Crippen molar-refractivity contribution in [2.75, 3.05) is 5.43 Å². The van der Waals surface area contributed by atoms with Crippen molar-refractivity contribution in [3.8, 4) is 5.75 Å². The van der Waals surface area contributed by atoms with Crippen LogP contribution >= 0.6 is 11.3 Å². The molecule has 0 radical (unpaired) electrons. The first-order chi connectivity index (χ1) is 12.4. The normalized spacial score (nSPS) is 11.4. The average molecular weight is 373 g/mol. The zero-order valence-corrected chi connectivity index (χ0v) is 15.0. The third kappa shape index (κ3) is 5.31. The van der Waals surface area contributed by atoms with Gasteiger partial charge in [0, 0.05) is 12.5 Å². The first-order valence-electron chi connectivity index (χ1n) is 7.50. The number of phenolic OH excluding ortho intramolecular Hbond substituents is 1. The number of guanidine groups is 1. The van der Waals surface area contributed by atoms with Crippen molar-refractivity contribution in [3.05, 3.63) is 46.5 Å². The summed E-state index contributed by atoms with van der Waals surface area (Å²) in [7, 11) is 0. The van der Waals surface area contributed by atoms with Crippen molar-refractivity contribution < 1.29 is 9.90 Å². The number of hydrazine groups is 1. The molecule has 1 aromatic carbocycles. The Morgan fingerprint density at radius 2 is 2.04 bits per heavy atom. The van der Waals surface area contributed by atoms with Gasteiger partial charge in [-0.2, -0.15) is 0 Å². The van der Waals surface area contributed by atoms with E-state index in [0.29, 0.717) is 27.0 Å². The van der Waals surface area contributed by atoms with Gasteiger partial charge in [0.15, 0.2) is 0 Å². The minimum absolute atomic E-state index is 0.138. The number of nitrogens with one attached hydrogen (secondary N) is 2. The molecule has 0 aliphatic rings. The number of carbonyl (C=O) groups is 1. The summed E-state index contributed by atoms with van der Waals surface area (Å²) in [5, 5.41) is 18.1. The molecule has 1 heterocycles. The number of rotatable bonds is 6. The number of aryl methyl sites for hydroxylation is 1. The standard InChI is InChI=1S/C16H19N7O2S/c1-9-14(26-16(19-9)23-20-10(2)24)12(21-22-15(17)18)8-7-11-5-3-4-6-13(11)25/h3-8,25H,1-2H3,(H,19,23)(H,20,24)(H4,17,18,22)/b8-7+,21-12+. The summed E-state index contributed by atoms with van der Waals surface area (Å²) in [6.07, 6.45) is 3.36. The number of benzene rings is 1. The number of aromatic nitrogens is 1. The van der Waals surface area contributed by atoms with Gasteiger partial charge in [-0.3, -0.25) is 15.6 Å². The molecule has 7 N–H and O–H groups in total. The Morgan fingerprint density at radius 1 is 1.31 bits per heavy atom. The molecule has 10 heteroatoms. The van der Waals surface area contributed by atoms with Gasteiger partial charge in [-0.15, -0.1) is 10.2 Å². The Labute approximate surface area is 154 Å². The summed E-state index contributed by atoms with van der Waals surface area (Å²) in [4.78, 5) is 16.0. The van der Waals surface area contributed by atoms with Gasteiger partial charge in [0.2, 0.25) is 17.0 Å². The molecule has 1 amide bonds. The van der Waals surface area contributed by atoms with Gasteiger partial charge in [0.1, 0.15) is 11.5 Å². The number of nitrogens with zero attached hydrogens (tertiary/aromatic N) is 3. The molecule has 26 heavy (non-hydrogen) atoms. The van der Waals surface area contributed by atoms with Crippen LogP contribution in [-0.4, -0.2) is 27.7 Å². The van der Waals surface area contributed by atoms with Crippen molar-refractivity contribution in [2.24, 2.45) is 21.7 Å². The van der Waals surface area contributed by atoms with Crippen LogP contribution in [0.1, 0.15) is 23.1 Å². The Kier molecular flexibility index (Phi) is 6.28. The van der Waals surface area contributed by atoms with E-state index in [1.807, 2.05) is 0 Å². The fourth-order valence-electron chi connectivity index (χ4n) is 1.89.